The number of anilines is 1. The van der Waals surface area contributed by atoms with Crippen molar-refractivity contribution < 1.29 is 9.59 Å². The minimum Gasteiger partial charge on any atom is -0.356 e. The lowest BCUT2D eigenvalue weighted by Crippen LogP contribution is -2.24. The predicted octanol–water partition coefficient (Wildman–Crippen LogP) is 1.30. The van der Waals surface area contributed by atoms with E-state index in [1.54, 1.807) is 0 Å². The molecule has 3 N–H and O–H groups in total. The lowest BCUT2D eigenvalue weighted by molar-refractivity contribution is -0.120. The van der Waals surface area contributed by atoms with Crippen LogP contribution in [0.1, 0.15) is 25.8 Å². The van der Waals surface area contributed by atoms with Crippen LogP contribution in [0.25, 0.3) is 0 Å². The number of hydrogen-bond donors (Lipinski definition) is 3. The number of rotatable bonds is 8. The van der Waals surface area contributed by atoms with E-state index in [-0.39, 0.29) is 11.8 Å². The van der Waals surface area contributed by atoms with Gasteiger partial charge in [0.05, 0.1) is 6.42 Å². The van der Waals surface area contributed by atoms with Crippen LogP contribution in [-0.2, 0) is 16.0 Å². The SMILES string of the molecule is CCNCCC(=O)Nc1ccc(CC(=O)NCC)cc1. The molecule has 1 aromatic carbocycles. The van der Waals surface area contributed by atoms with Crippen LogP contribution >= 0.6 is 0 Å². The van der Waals surface area contributed by atoms with Gasteiger partial charge in [0.2, 0.25) is 11.8 Å². The molecule has 0 atom stereocenters. The van der Waals surface area contributed by atoms with Gasteiger partial charge >= 0.3 is 0 Å². The average molecular weight is 277 g/mol. The predicted molar refractivity (Wildman–Crippen MR) is 80.6 cm³/mol. The Morgan fingerprint density at radius 2 is 1.70 bits per heavy atom. The second kappa shape index (κ2) is 9.09. The molecule has 0 heterocycles. The Kier molecular flexibility index (Phi) is 7.35. The highest BCUT2D eigenvalue weighted by molar-refractivity contribution is 5.90. The van der Waals surface area contributed by atoms with E-state index in [0.29, 0.717) is 25.9 Å². The average Bonchev–Trinajstić information content (AvgIpc) is 2.41. The van der Waals surface area contributed by atoms with Crippen molar-refractivity contribution in [1.82, 2.24) is 10.6 Å². The van der Waals surface area contributed by atoms with Gasteiger partial charge in [0.1, 0.15) is 0 Å². The summed E-state index contributed by atoms with van der Waals surface area (Å²) in [6, 6.07) is 7.35. The first-order chi connectivity index (χ1) is 9.65. The van der Waals surface area contributed by atoms with E-state index >= 15 is 0 Å². The van der Waals surface area contributed by atoms with E-state index in [0.717, 1.165) is 17.8 Å². The molecule has 0 saturated carbocycles. The molecule has 0 unspecified atom stereocenters. The standard InChI is InChI=1S/C15H23N3O2/c1-3-16-10-9-14(19)18-13-7-5-12(6-8-13)11-15(20)17-4-2/h5-8,16H,3-4,9-11H2,1-2H3,(H,17,20)(H,18,19). The zero-order valence-electron chi connectivity index (χ0n) is 12.2. The summed E-state index contributed by atoms with van der Waals surface area (Å²) in [4.78, 5) is 23.1. The molecule has 5 heteroatoms. The van der Waals surface area contributed by atoms with Gasteiger partial charge in [-0.05, 0) is 31.2 Å². The van der Waals surface area contributed by atoms with E-state index in [2.05, 4.69) is 16.0 Å². The number of hydrogen-bond acceptors (Lipinski definition) is 3. The first-order valence-electron chi connectivity index (χ1n) is 7.02. The highest BCUT2D eigenvalue weighted by Crippen LogP contribution is 2.10. The lowest BCUT2D eigenvalue weighted by Gasteiger charge is -2.07. The zero-order valence-corrected chi connectivity index (χ0v) is 12.2. The Balaban J connectivity index is 2.42. The summed E-state index contributed by atoms with van der Waals surface area (Å²) < 4.78 is 0. The second-order valence-corrected chi connectivity index (χ2v) is 4.48. The third kappa shape index (κ3) is 6.33. The summed E-state index contributed by atoms with van der Waals surface area (Å²) >= 11 is 0. The molecule has 0 spiro atoms. The number of amides is 2. The van der Waals surface area contributed by atoms with E-state index in [4.69, 9.17) is 0 Å². The van der Waals surface area contributed by atoms with Gasteiger partial charge in [0.15, 0.2) is 0 Å². The normalized spacial score (nSPS) is 10.1. The summed E-state index contributed by atoms with van der Waals surface area (Å²) in [6.45, 7) is 6.08. The summed E-state index contributed by atoms with van der Waals surface area (Å²) in [6.07, 6.45) is 0.816. The maximum absolute atomic E-state index is 11.6. The first-order valence-corrected chi connectivity index (χ1v) is 7.02. The van der Waals surface area contributed by atoms with Crippen LogP contribution in [-0.4, -0.2) is 31.4 Å². The number of carbonyl (C=O) groups is 2. The van der Waals surface area contributed by atoms with Crippen LogP contribution < -0.4 is 16.0 Å². The molecule has 110 valence electrons. The van der Waals surface area contributed by atoms with E-state index in [1.807, 2.05) is 38.1 Å². The van der Waals surface area contributed by atoms with Crippen LogP contribution in [0.3, 0.4) is 0 Å². The molecule has 0 bridgehead atoms. The highest BCUT2D eigenvalue weighted by Gasteiger charge is 2.04. The van der Waals surface area contributed by atoms with Crippen LogP contribution in [0.4, 0.5) is 5.69 Å². The Hall–Kier alpha value is -1.88. The minimum absolute atomic E-state index is 0.00919. The Morgan fingerprint density at radius 1 is 1.00 bits per heavy atom. The quantitative estimate of drug-likeness (QED) is 0.627. The smallest absolute Gasteiger partial charge is 0.225 e. The maximum Gasteiger partial charge on any atom is 0.225 e. The molecule has 0 radical (unpaired) electrons. The lowest BCUT2D eigenvalue weighted by atomic mass is 10.1. The van der Waals surface area contributed by atoms with Crippen molar-refractivity contribution in [2.75, 3.05) is 25.0 Å². The molecule has 0 aliphatic rings. The van der Waals surface area contributed by atoms with E-state index < -0.39 is 0 Å². The molecule has 5 nitrogen and oxygen atoms in total. The van der Waals surface area contributed by atoms with Crippen LogP contribution in [0.5, 0.6) is 0 Å². The van der Waals surface area contributed by atoms with Crippen molar-refractivity contribution >= 4 is 17.5 Å². The molecule has 20 heavy (non-hydrogen) atoms. The third-order valence-electron chi connectivity index (χ3n) is 2.76. The van der Waals surface area contributed by atoms with Crippen molar-refractivity contribution in [3.05, 3.63) is 29.8 Å². The molecule has 1 rings (SSSR count). The van der Waals surface area contributed by atoms with Gasteiger partial charge in [0, 0.05) is 25.2 Å². The molecule has 2 amide bonds. The van der Waals surface area contributed by atoms with E-state index in [1.165, 1.54) is 0 Å². The van der Waals surface area contributed by atoms with Gasteiger partial charge < -0.3 is 16.0 Å². The Bertz CT molecular complexity index is 429. The molecule has 1 aromatic rings. The van der Waals surface area contributed by atoms with Crippen LogP contribution in [0.15, 0.2) is 24.3 Å². The number of nitrogens with one attached hydrogen (secondary N) is 3. The van der Waals surface area contributed by atoms with Gasteiger partial charge in [-0.3, -0.25) is 9.59 Å². The van der Waals surface area contributed by atoms with Crippen LogP contribution in [0.2, 0.25) is 0 Å². The summed E-state index contributed by atoms with van der Waals surface area (Å²) in [7, 11) is 0. The highest BCUT2D eigenvalue weighted by atomic mass is 16.2. The largest absolute Gasteiger partial charge is 0.356 e. The number of carbonyl (C=O) groups excluding carboxylic acids is 2. The third-order valence-corrected chi connectivity index (χ3v) is 2.76. The fourth-order valence-corrected chi connectivity index (χ4v) is 1.75. The minimum atomic E-state index is -0.0116. The molecule has 0 saturated heterocycles. The summed E-state index contributed by atoms with van der Waals surface area (Å²) in [5.74, 6) is -0.00245. The van der Waals surface area contributed by atoms with Crippen molar-refractivity contribution in [2.45, 2.75) is 26.7 Å². The first kappa shape index (κ1) is 16.2. The van der Waals surface area contributed by atoms with Crippen molar-refractivity contribution in [1.29, 1.82) is 0 Å². The maximum atomic E-state index is 11.6. The molecular formula is C15H23N3O2. The van der Waals surface area contributed by atoms with Crippen molar-refractivity contribution in [3.8, 4) is 0 Å². The zero-order chi connectivity index (χ0) is 14.8. The molecule has 0 aliphatic carbocycles. The van der Waals surface area contributed by atoms with Gasteiger partial charge in [-0.15, -0.1) is 0 Å². The summed E-state index contributed by atoms with van der Waals surface area (Å²) in [5.41, 5.74) is 1.69. The van der Waals surface area contributed by atoms with Crippen molar-refractivity contribution in [3.63, 3.8) is 0 Å². The van der Waals surface area contributed by atoms with Gasteiger partial charge in [-0.1, -0.05) is 19.1 Å². The monoisotopic (exact) mass is 277 g/mol. The second-order valence-electron chi connectivity index (χ2n) is 4.48. The fourth-order valence-electron chi connectivity index (χ4n) is 1.75. The topological polar surface area (TPSA) is 70.2 Å². The number of benzene rings is 1. The molecule has 0 aliphatic heterocycles. The number of likely N-dealkylation sites (N-methyl/N-ethyl adjacent to an activating group) is 1. The summed E-state index contributed by atoms with van der Waals surface area (Å²) in [5, 5.41) is 8.68. The Labute approximate surface area is 120 Å². The van der Waals surface area contributed by atoms with Crippen LogP contribution in [0, 0.1) is 0 Å². The molecular weight excluding hydrogens is 254 g/mol. The van der Waals surface area contributed by atoms with Gasteiger partial charge in [0.25, 0.3) is 0 Å². The van der Waals surface area contributed by atoms with Gasteiger partial charge in [-0.2, -0.15) is 0 Å². The fraction of sp³-hybridized carbons (Fsp3) is 0.467. The Morgan fingerprint density at radius 3 is 2.30 bits per heavy atom. The van der Waals surface area contributed by atoms with E-state index in [9.17, 15) is 9.59 Å². The molecule has 0 aromatic heterocycles. The van der Waals surface area contributed by atoms with Crippen molar-refractivity contribution in [2.24, 2.45) is 0 Å². The van der Waals surface area contributed by atoms with Gasteiger partial charge in [-0.25, -0.2) is 0 Å². The molecule has 0 fully saturated rings.